The summed E-state index contributed by atoms with van der Waals surface area (Å²) in [6, 6.07) is 5.82. The average Bonchev–Trinajstić information content (AvgIpc) is 2.74. The molecule has 0 amide bonds. The Bertz CT molecular complexity index is 670. The second kappa shape index (κ2) is 3.59. The topological polar surface area (TPSA) is 56.2 Å². The van der Waals surface area contributed by atoms with Gasteiger partial charge in [-0.3, -0.25) is 4.98 Å². The maximum atomic E-state index is 5.81. The van der Waals surface area contributed by atoms with E-state index in [-0.39, 0.29) is 0 Å². The Morgan fingerprint density at radius 3 is 2.94 bits per heavy atom. The third-order valence-corrected chi connectivity index (χ3v) is 2.71. The maximum absolute atomic E-state index is 5.81. The molecule has 0 fully saturated rings. The molecule has 0 aromatic carbocycles. The summed E-state index contributed by atoms with van der Waals surface area (Å²) in [4.78, 5) is 8.69. The third kappa shape index (κ3) is 1.63. The molecule has 0 aliphatic carbocycles. The van der Waals surface area contributed by atoms with E-state index < -0.39 is 0 Å². The number of rotatable bonds is 1. The monoisotopic (exact) mass is 224 g/mol. The fourth-order valence-corrected chi connectivity index (χ4v) is 1.95. The van der Waals surface area contributed by atoms with E-state index in [1.54, 1.807) is 12.4 Å². The standard InChI is InChI=1S/C13H12N4/c1-9-5-11(14)7-17-8-12(16-13(9)17)10-3-2-4-15-6-10/h2-8H,14H2,1H3. The minimum Gasteiger partial charge on any atom is -0.398 e. The molecule has 4 heteroatoms. The fraction of sp³-hybridized carbons (Fsp3) is 0.0769. The summed E-state index contributed by atoms with van der Waals surface area (Å²) >= 11 is 0. The Balaban J connectivity index is 2.24. The fourth-order valence-electron chi connectivity index (χ4n) is 1.95. The number of nitrogen functional groups attached to an aromatic ring is 1. The van der Waals surface area contributed by atoms with Gasteiger partial charge in [-0.25, -0.2) is 4.98 Å². The second-order valence-corrected chi connectivity index (χ2v) is 4.06. The first kappa shape index (κ1) is 9.84. The van der Waals surface area contributed by atoms with Crippen molar-refractivity contribution in [2.45, 2.75) is 6.92 Å². The van der Waals surface area contributed by atoms with Gasteiger partial charge in [0.1, 0.15) is 5.65 Å². The smallest absolute Gasteiger partial charge is 0.140 e. The molecule has 3 heterocycles. The highest BCUT2D eigenvalue weighted by Crippen LogP contribution is 2.21. The van der Waals surface area contributed by atoms with Gasteiger partial charge in [-0.2, -0.15) is 0 Å². The summed E-state index contributed by atoms with van der Waals surface area (Å²) in [5.41, 5.74) is 10.5. The van der Waals surface area contributed by atoms with Crippen LogP contribution >= 0.6 is 0 Å². The molecule has 0 saturated carbocycles. The van der Waals surface area contributed by atoms with Crippen LogP contribution in [0.3, 0.4) is 0 Å². The van der Waals surface area contributed by atoms with Crippen molar-refractivity contribution in [1.82, 2.24) is 14.4 Å². The first-order chi connectivity index (χ1) is 8.24. The molecule has 3 aromatic rings. The number of imidazole rings is 1. The van der Waals surface area contributed by atoms with Crippen LogP contribution < -0.4 is 5.73 Å². The van der Waals surface area contributed by atoms with E-state index in [1.165, 1.54) is 0 Å². The summed E-state index contributed by atoms with van der Waals surface area (Å²) in [6.07, 6.45) is 7.40. The summed E-state index contributed by atoms with van der Waals surface area (Å²) < 4.78 is 1.95. The molecule has 0 aliphatic rings. The lowest BCUT2D eigenvalue weighted by Crippen LogP contribution is -1.92. The number of nitrogens with two attached hydrogens (primary N) is 1. The van der Waals surface area contributed by atoms with E-state index in [9.17, 15) is 0 Å². The summed E-state index contributed by atoms with van der Waals surface area (Å²) in [6.45, 7) is 2.01. The Morgan fingerprint density at radius 2 is 2.18 bits per heavy atom. The van der Waals surface area contributed by atoms with E-state index in [1.807, 2.05) is 41.9 Å². The Morgan fingerprint density at radius 1 is 1.29 bits per heavy atom. The zero-order chi connectivity index (χ0) is 11.8. The van der Waals surface area contributed by atoms with Crippen LogP contribution in [0.15, 0.2) is 43.0 Å². The zero-order valence-electron chi connectivity index (χ0n) is 9.46. The van der Waals surface area contributed by atoms with E-state index in [0.717, 1.165) is 28.2 Å². The third-order valence-electron chi connectivity index (χ3n) is 2.71. The minimum absolute atomic E-state index is 0.741. The SMILES string of the molecule is Cc1cc(N)cn2cc(-c3cccnc3)nc12. The van der Waals surface area contributed by atoms with Crippen LogP contribution in [0.25, 0.3) is 16.9 Å². The average molecular weight is 224 g/mol. The molecule has 3 aromatic heterocycles. The lowest BCUT2D eigenvalue weighted by atomic mass is 10.2. The van der Waals surface area contributed by atoms with Crippen LogP contribution in [0.1, 0.15) is 5.56 Å². The van der Waals surface area contributed by atoms with E-state index in [0.29, 0.717) is 0 Å². The zero-order valence-corrected chi connectivity index (χ0v) is 9.46. The van der Waals surface area contributed by atoms with Crippen molar-refractivity contribution in [3.63, 3.8) is 0 Å². The van der Waals surface area contributed by atoms with Gasteiger partial charge in [0.25, 0.3) is 0 Å². The summed E-state index contributed by atoms with van der Waals surface area (Å²) in [5.74, 6) is 0. The van der Waals surface area contributed by atoms with E-state index in [2.05, 4.69) is 9.97 Å². The van der Waals surface area contributed by atoms with Gasteiger partial charge in [0.05, 0.1) is 5.69 Å². The number of anilines is 1. The van der Waals surface area contributed by atoms with Gasteiger partial charge >= 0.3 is 0 Å². The van der Waals surface area contributed by atoms with E-state index in [4.69, 9.17) is 5.73 Å². The molecule has 0 bridgehead atoms. The lowest BCUT2D eigenvalue weighted by Gasteiger charge is -1.98. The highest BCUT2D eigenvalue weighted by molar-refractivity contribution is 5.64. The molecule has 4 nitrogen and oxygen atoms in total. The lowest BCUT2D eigenvalue weighted by molar-refractivity contribution is 1.17. The molecule has 0 unspecified atom stereocenters. The molecule has 84 valence electrons. The number of fused-ring (bicyclic) bond motifs is 1. The van der Waals surface area contributed by atoms with Crippen molar-refractivity contribution in [1.29, 1.82) is 0 Å². The molecule has 0 spiro atoms. The Hall–Kier alpha value is -2.36. The molecule has 0 saturated heterocycles. The van der Waals surface area contributed by atoms with Crippen LogP contribution in [0.5, 0.6) is 0 Å². The first-order valence-electron chi connectivity index (χ1n) is 5.39. The van der Waals surface area contributed by atoms with Crippen molar-refractivity contribution in [3.8, 4) is 11.3 Å². The largest absolute Gasteiger partial charge is 0.398 e. The number of pyridine rings is 2. The highest BCUT2D eigenvalue weighted by Gasteiger charge is 2.06. The molecule has 3 rings (SSSR count). The van der Waals surface area contributed by atoms with Crippen LogP contribution in [0.4, 0.5) is 5.69 Å². The summed E-state index contributed by atoms with van der Waals surface area (Å²) in [7, 11) is 0. The second-order valence-electron chi connectivity index (χ2n) is 4.06. The predicted octanol–water partition coefficient (Wildman–Crippen LogP) is 2.29. The number of aromatic nitrogens is 3. The Kier molecular flexibility index (Phi) is 2.08. The van der Waals surface area contributed by atoms with Crippen molar-refractivity contribution >= 4 is 11.3 Å². The van der Waals surface area contributed by atoms with Gasteiger partial charge in [-0.1, -0.05) is 0 Å². The number of hydrogen-bond donors (Lipinski definition) is 1. The van der Waals surface area contributed by atoms with Crippen LogP contribution in [0.2, 0.25) is 0 Å². The van der Waals surface area contributed by atoms with Crippen LogP contribution in [-0.2, 0) is 0 Å². The molecular formula is C13H12N4. The van der Waals surface area contributed by atoms with Gasteiger partial charge in [0, 0.05) is 36.0 Å². The van der Waals surface area contributed by atoms with Gasteiger partial charge in [0.15, 0.2) is 0 Å². The van der Waals surface area contributed by atoms with E-state index >= 15 is 0 Å². The molecule has 2 N–H and O–H groups in total. The molecule has 0 radical (unpaired) electrons. The number of hydrogen-bond acceptors (Lipinski definition) is 3. The van der Waals surface area contributed by atoms with Gasteiger partial charge in [0.2, 0.25) is 0 Å². The van der Waals surface area contributed by atoms with Crippen molar-refractivity contribution in [3.05, 3.63) is 48.5 Å². The number of aryl methyl sites for hydroxylation is 1. The van der Waals surface area contributed by atoms with Crippen molar-refractivity contribution in [2.24, 2.45) is 0 Å². The molecule has 0 atom stereocenters. The molecular weight excluding hydrogens is 212 g/mol. The van der Waals surface area contributed by atoms with Gasteiger partial charge < -0.3 is 10.1 Å². The van der Waals surface area contributed by atoms with Crippen LogP contribution in [0, 0.1) is 6.92 Å². The van der Waals surface area contributed by atoms with Crippen LogP contribution in [-0.4, -0.2) is 14.4 Å². The minimum atomic E-state index is 0.741. The molecule has 17 heavy (non-hydrogen) atoms. The quantitative estimate of drug-likeness (QED) is 0.690. The first-order valence-corrected chi connectivity index (χ1v) is 5.39. The molecule has 0 aliphatic heterocycles. The normalized spacial score (nSPS) is 10.9. The van der Waals surface area contributed by atoms with Gasteiger partial charge in [-0.05, 0) is 30.7 Å². The Labute approximate surface area is 98.8 Å². The highest BCUT2D eigenvalue weighted by atomic mass is 15.0. The van der Waals surface area contributed by atoms with Crippen molar-refractivity contribution in [2.75, 3.05) is 5.73 Å². The predicted molar refractivity (Wildman–Crippen MR) is 67.6 cm³/mol. The maximum Gasteiger partial charge on any atom is 0.140 e. The van der Waals surface area contributed by atoms with Crippen molar-refractivity contribution < 1.29 is 0 Å². The summed E-state index contributed by atoms with van der Waals surface area (Å²) in [5, 5.41) is 0. The van der Waals surface area contributed by atoms with Gasteiger partial charge in [-0.15, -0.1) is 0 Å². The number of nitrogens with zero attached hydrogens (tertiary/aromatic N) is 3.